The molecule has 0 fully saturated rings. The van der Waals surface area contributed by atoms with Crippen molar-refractivity contribution in [2.45, 2.75) is 19.9 Å². The lowest BCUT2D eigenvalue weighted by Crippen LogP contribution is -2.16. The van der Waals surface area contributed by atoms with Gasteiger partial charge in [0.1, 0.15) is 5.52 Å². The summed E-state index contributed by atoms with van der Waals surface area (Å²) in [7, 11) is 1.97. The van der Waals surface area contributed by atoms with Crippen molar-refractivity contribution in [1.29, 1.82) is 0 Å². The predicted octanol–water partition coefficient (Wildman–Crippen LogP) is 3.61. The first-order valence-electron chi connectivity index (χ1n) is 7.10. The van der Waals surface area contributed by atoms with Crippen LogP contribution in [0.1, 0.15) is 18.1 Å². The number of rotatable bonds is 4. The normalized spacial score (nSPS) is 11.0. The molecule has 1 heterocycles. The fourth-order valence-electron chi connectivity index (χ4n) is 2.32. The smallest absolute Gasteiger partial charge is 0.298 e. The first-order valence-corrected chi connectivity index (χ1v) is 7.10. The maximum absolute atomic E-state index is 5.76. The van der Waals surface area contributed by atoms with Crippen LogP contribution in [0.3, 0.4) is 0 Å². The van der Waals surface area contributed by atoms with E-state index in [1.54, 1.807) is 0 Å². The number of oxazole rings is 1. The van der Waals surface area contributed by atoms with E-state index in [-0.39, 0.29) is 0 Å². The van der Waals surface area contributed by atoms with Gasteiger partial charge in [0.2, 0.25) is 0 Å². The number of anilines is 2. The van der Waals surface area contributed by atoms with Crippen LogP contribution in [0.15, 0.2) is 46.9 Å². The van der Waals surface area contributed by atoms with Gasteiger partial charge in [0, 0.05) is 19.3 Å². The Kier molecular flexibility index (Phi) is 3.52. The first-order chi connectivity index (χ1) is 10.2. The van der Waals surface area contributed by atoms with Gasteiger partial charge in [-0.3, -0.25) is 0 Å². The zero-order valence-electron chi connectivity index (χ0n) is 12.3. The Morgan fingerprint density at radius 3 is 2.52 bits per heavy atom. The number of nitrogens with two attached hydrogens (primary N) is 1. The number of nitrogens with zero attached hydrogens (tertiary/aromatic N) is 2. The molecule has 2 N–H and O–H groups in total. The van der Waals surface area contributed by atoms with Gasteiger partial charge in [0.15, 0.2) is 5.58 Å². The Balaban J connectivity index is 1.80. The molecule has 0 spiro atoms. The highest BCUT2D eigenvalue weighted by atomic mass is 16.4. The minimum absolute atomic E-state index is 0.607. The number of aromatic nitrogens is 1. The van der Waals surface area contributed by atoms with Crippen LogP contribution < -0.4 is 10.6 Å². The minimum atomic E-state index is 0.607. The second-order valence-electron chi connectivity index (χ2n) is 5.25. The summed E-state index contributed by atoms with van der Waals surface area (Å²) in [6.45, 7) is 2.91. The van der Waals surface area contributed by atoms with Crippen molar-refractivity contribution in [2.75, 3.05) is 17.7 Å². The molecule has 0 saturated heterocycles. The molecule has 1 aromatic heterocycles. The second kappa shape index (κ2) is 5.48. The highest BCUT2D eigenvalue weighted by Gasteiger charge is 2.11. The van der Waals surface area contributed by atoms with E-state index >= 15 is 0 Å². The van der Waals surface area contributed by atoms with Crippen LogP contribution in [0.25, 0.3) is 11.1 Å². The van der Waals surface area contributed by atoms with Crippen molar-refractivity contribution in [3.63, 3.8) is 0 Å². The standard InChI is InChI=1S/C17H19N3O/c1-3-12-4-6-13(7-5-12)11-20(2)17-19-15-10-14(18)8-9-16(15)21-17/h4-10H,3,11,18H2,1-2H3. The van der Waals surface area contributed by atoms with E-state index in [2.05, 4.69) is 36.2 Å². The third-order valence-corrected chi connectivity index (χ3v) is 3.58. The summed E-state index contributed by atoms with van der Waals surface area (Å²) < 4.78 is 5.76. The molecule has 0 saturated carbocycles. The molecular weight excluding hydrogens is 262 g/mol. The number of nitrogen functional groups attached to an aromatic ring is 1. The molecule has 108 valence electrons. The SMILES string of the molecule is CCc1ccc(CN(C)c2nc3cc(N)ccc3o2)cc1. The molecule has 0 aliphatic heterocycles. The summed E-state index contributed by atoms with van der Waals surface area (Å²) in [6.07, 6.45) is 1.06. The lowest BCUT2D eigenvalue weighted by molar-refractivity contribution is 0.582. The average Bonchev–Trinajstić information content (AvgIpc) is 2.91. The van der Waals surface area contributed by atoms with Gasteiger partial charge < -0.3 is 15.1 Å². The van der Waals surface area contributed by atoms with E-state index in [0.29, 0.717) is 11.7 Å². The fraction of sp³-hybridized carbons (Fsp3) is 0.235. The maximum Gasteiger partial charge on any atom is 0.298 e. The van der Waals surface area contributed by atoms with Gasteiger partial charge in [-0.15, -0.1) is 0 Å². The van der Waals surface area contributed by atoms with Crippen LogP contribution in [-0.4, -0.2) is 12.0 Å². The van der Waals surface area contributed by atoms with Crippen molar-refractivity contribution in [3.05, 3.63) is 53.6 Å². The lowest BCUT2D eigenvalue weighted by atomic mass is 10.1. The zero-order chi connectivity index (χ0) is 14.8. The molecule has 0 aliphatic carbocycles. The Labute approximate surface area is 124 Å². The number of hydrogen-bond acceptors (Lipinski definition) is 4. The number of aryl methyl sites for hydroxylation is 1. The second-order valence-corrected chi connectivity index (χ2v) is 5.25. The molecule has 0 amide bonds. The van der Waals surface area contributed by atoms with Crippen LogP contribution in [0, 0.1) is 0 Å². The van der Waals surface area contributed by atoms with Gasteiger partial charge in [0.05, 0.1) is 0 Å². The summed E-state index contributed by atoms with van der Waals surface area (Å²) in [6, 6.07) is 14.7. The first kappa shape index (κ1) is 13.5. The quantitative estimate of drug-likeness (QED) is 0.742. The summed E-state index contributed by atoms with van der Waals surface area (Å²) >= 11 is 0. The lowest BCUT2D eigenvalue weighted by Gasteiger charge is -2.14. The Hall–Kier alpha value is -2.49. The molecule has 0 aliphatic rings. The van der Waals surface area contributed by atoms with Gasteiger partial charge in [-0.1, -0.05) is 31.2 Å². The number of hydrogen-bond donors (Lipinski definition) is 1. The molecule has 0 radical (unpaired) electrons. The molecule has 3 rings (SSSR count). The van der Waals surface area contributed by atoms with Crippen LogP contribution in [0.2, 0.25) is 0 Å². The molecule has 21 heavy (non-hydrogen) atoms. The summed E-state index contributed by atoms with van der Waals surface area (Å²) in [5, 5.41) is 0. The number of fused-ring (bicyclic) bond motifs is 1. The van der Waals surface area contributed by atoms with Crippen LogP contribution >= 0.6 is 0 Å². The van der Waals surface area contributed by atoms with Gasteiger partial charge in [-0.05, 0) is 35.7 Å². The Morgan fingerprint density at radius 1 is 1.10 bits per heavy atom. The van der Waals surface area contributed by atoms with Gasteiger partial charge in [0.25, 0.3) is 6.01 Å². The van der Waals surface area contributed by atoms with E-state index in [1.165, 1.54) is 11.1 Å². The van der Waals surface area contributed by atoms with E-state index < -0.39 is 0 Å². The fourth-order valence-corrected chi connectivity index (χ4v) is 2.32. The third-order valence-electron chi connectivity index (χ3n) is 3.58. The molecule has 3 aromatic rings. The highest BCUT2D eigenvalue weighted by molar-refractivity contribution is 5.78. The average molecular weight is 281 g/mol. The van der Waals surface area contributed by atoms with E-state index in [1.807, 2.05) is 30.1 Å². The summed E-state index contributed by atoms with van der Waals surface area (Å²) in [5.41, 5.74) is 10.6. The van der Waals surface area contributed by atoms with Crippen molar-refractivity contribution in [2.24, 2.45) is 0 Å². The zero-order valence-corrected chi connectivity index (χ0v) is 12.3. The van der Waals surface area contributed by atoms with Gasteiger partial charge in [-0.25, -0.2) is 0 Å². The van der Waals surface area contributed by atoms with Crippen LogP contribution in [0.5, 0.6) is 0 Å². The minimum Gasteiger partial charge on any atom is -0.423 e. The monoisotopic (exact) mass is 281 g/mol. The molecule has 0 atom stereocenters. The molecule has 4 nitrogen and oxygen atoms in total. The maximum atomic E-state index is 5.76. The molecular formula is C17H19N3O. The van der Waals surface area contributed by atoms with E-state index in [0.717, 1.165) is 24.1 Å². The third kappa shape index (κ3) is 2.84. The van der Waals surface area contributed by atoms with Gasteiger partial charge in [-0.2, -0.15) is 4.98 Å². The summed E-state index contributed by atoms with van der Waals surface area (Å²) in [4.78, 5) is 6.48. The highest BCUT2D eigenvalue weighted by Crippen LogP contribution is 2.24. The van der Waals surface area contributed by atoms with Crippen molar-refractivity contribution >= 4 is 22.8 Å². The molecule has 0 unspecified atom stereocenters. The molecule has 2 aromatic carbocycles. The topological polar surface area (TPSA) is 55.3 Å². The summed E-state index contributed by atoms with van der Waals surface area (Å²) in [5.74, 6) is 0. The van der Waals surface area contributed by atoms with Crippen molar-refractivity contribution in [3.8, 4) is 0 Å². The molecule has 0 bridgehead atoms. The Bertz CT molecular complexity index is 746. The van der Waals surface area contributed by atoms with Crippen LogP contribution in [0.4, 0.5) is 11.7 Å². The van der Waals surface area contributed by atoms with Gasteiger partial charge >= 0.3 is 0 Å². The van der Waals surface area contributed by atoms with Crippen molar-refractivity contribution < 1.29 is 4.42 Å². The van der Waals surface area contributed by atoms with Crippen LogP contribution in [-0.2, 0) is 13.0 Å². The predicted molar refractivity (Wildman–Crippen MR) is 86.3 cm³/mol. The van der Waals surface area contributed by atoms with E-state index in [4.69, 9.17) is 10.2 Å². The van der Waals surface area contributed by atoms with Crippen molar-refractivity contribution in [1.82, 2.24) is 4.98 Å². The number of benzene rings is 2. The largest absolute Gasteiger partial charge is 0.423 e. The van der Waals surface area contributed by atoms with E-state index in [9.17, 15) is 0 Å². The molecule has 4 heteroatoms. The Morgan fingerprint density at radius 2 is 1.81 bits per heavy atom.